The van der Waals surface area contributed by atoms with Crippen molar-refractivity contribution in [3.63, 3.8) is 0 Å². The third-order valence-electron chi connectivity index (χ3n) is 3.31. The van der Waals surface area contributed by atoms with Gasteiger partial charge in [-0.1, -0.05) is 41.9 Å². The Kier molecular flexibility index (Phi) is 5.48. The molecule has 0 saturated carbocycles. The number of rotatable bonds is 6. The monoisotopic (exact) mass is 305 g/mol. The van der Waals surface area contributed by atoms with Gasteiger partial charge in [0.15, 0.2) is 5.78 Å². The van der Waals surface area contributed by atoms with Crippen LogP contribution in [-0.4, -0.2) is 19.4 Å². The standard InChI is InChI=1S/C17H17ClFNO/c1-20-9-8-13-4-2-3-5-14(13)17(21)11-12-6-7-16(19)15(18)10-12/h2-7,10,20H,8-9,11H2,1H3. The molecule has 2 aromatic rings. The summed E-state index contributed by atoms with van der Waals surface area (Å²) in [5.74, 6) is -0.452. The van der Waals surface area contributed by atoms with Crippen LogP contribution in [0.25, 0.3) is 0 Å². The number of hydrogen-bond acceptors (Lipinski definition) is 2. The minimum atomic E-state index is -0.470. The van der Waals surface area contributed by atoms with E-state index in [9.17, 15) is 9.18 Å². The first-order chi connectivity index (χ1) is 10.1. The molecule has 0 fully saturated rings. The molecule has 0 aromatic heterocycles. The van der Waals surface area contributed by atoms with E-state index in [2.05, 4.69) is 5.32 Å². The smallest absolute Gasteiger partial charge is 0.167 e. The zero-order chi connectivity index (χ0) is 15.2. The second kappa shape index (κ2) is 7.34. The first kappa shape index (κ1) is 15.7. The Labute approximate surface area is 128 Å². The van der Waals surface area contributed by atoms with Gasteiger partial charge >= 0.3 is 0 Å². The molecule has 0 aliphatic carbocycles. The van der Waals surface area contributed by atoms with E-state index < -0.39 is 5.82 Å². The van der Waals surface area contributed by atoms with E-state index in [4.69, 9.17) is 11.6 Å². The predicted octanol–water partition coefficient (Wildman–Crippen LogP) is 3.67. The van der Waals surface area contributed by atoms with Gasteiger partial charge in [-0.2, -0.15) is 0 Å². The Hall–Kier alpha value is -1.71. The van der Waals surface area contributed by atoms with Crippen molar-refractivity contribution < 1.29 is 9.18 Å². The predicted molar refractivity (Wildman–Crippen MR) is 83.5 cm³/mol. The molecule has 0 aliphatic heterocycles. The number of halogens is 2. The lowest BCUT2D eigenvalue weighted by molar-refractivity contribution is 0.0992. The summed E-state index contributed by atoms with van der Waals surface area (Å²) in [5, 5.41) is 3.12. The molecular formula is C17H17ClFNO. The van der Waals surface area contributed by atoms with Crippen molar-refractivity contribution in [1.29, 1.82) is 0 Å². The first-order valence-electron chi connectivity index (χ1n) is 6.81. The number of likely N-dealkylation sites (N-methyl/N-ethyl adjacent to an activating group) is 1. The average molecular weight is 306 g/mol. The number of carbonyl (C=O) groups excluding carboxylic acids is 1. The molecule has 0 saturated heterocycles. The van der Waals surface area contributed by atoms with Gasteiger partial charge in [-0.15, -0.1) is 0 Å². The van der Waals surface area contributed by atoms with Gasteiger partial charge in [0.2, 0.25) is 0 Å². The van der Waals surface area contributed by atoms with Crippen LogP contribution < -0.4 is 5.32 Å². The van der Waals surface area contributed by atoms with Gasteiger partial charge in [-0.25, -0.2) is 4.39 Å². The summed E-state index contributed by atoms with van der Waals surface area (Å²) in [5.41, 5.74) is 2.45. The molecule has 4 heteroatoms. The normalized spacial score (nSPS) is 10.6. The number of carbonyl (C=O) groups is 1. The highest BCUT2D eigenvalue weighted by Gasteiger charge is 2.12. The average Bonchev–Trinajstić information content (AvgIpc) is 2.49. The van der Waals surface area contributed by atoms with E-state index in [1.54, 1.807) is 6.07 Å². The Morgan fingerprint density at radius 3 is 2.71 bits per heavy atom. The van der Waals surface area contributed by atoms with Gasteiger partial charge in [-0.05, 0) is 43.3 Å². The molecule has 0 aliphatic rings. The molecule has 0 heterocycles. The van der Waals surface area contributed by atoms with Gasteiger partial charge < -0.3 is 5.32 Å². The van der Waals surface area contributed by atoms with Gasteiger partial charge in [0.05, 0.1) is 5.02 Å². The molecule has 0 spiro atoms. The fourth-order valence-electron chi connectivity index (χ4n) is 2.20. The Balaban J connectivity index is 2.18. The van der Waals surface area contributed by atoms with Crippen LogP contribution in [0.15, 0.2) is 42.5 Å². The number of hydrogen-bond donors (Lipinski definition) is 1. The van der Waals surface area contributed by atoms with Crippen molar-refractivity contribution in [3.05, 3.63) is 70.0 Å². The molecule has 0 radical (unpaired) electrons. The molecule has 2 nitrogen and oxygen atoms in total. The van der Waals surface area contributed by atoms with Gasteiger partial charge in [0.25, 0.3) is 0 Å². The van der Waals surface area contributed by atoms with Crippen LogP contribution >= 0.6 is 11.6 Å². The Bertz CT molecular complexity index is 642. The lowest BCUT2D eigenvalue weighted by Gasteiger charge is -2.09. The maximum atomic E-state index is 13.1. The van der Waals surface area contributed by atoms with Crippen molar-refractivity contribution in [2.24, 2.45) is 0 Å². The summed E-state index contributed by atoms with van der Waals surface area (Å²) >= 11 is 5.75. The van der Waals surface area contributed by atoms with Crippen LogP contribution in [0.1, 0.15) is 21.5 Å². The summed E-state index contributed by atoms with van der Waals surface area (Å²) in [6.07, 6.45) is 1.01. The summed E-state index contributed by atoms with van der Waals surface area (Å²) in [7, 11) is 1.88. The summed E-state index contributed by atoms with van der Waals surface area (Å²) in [6, 6.07) is 12.0. The molecule has 110 valence electrons. The molecule has 0 bridgehead atoms. The van der Waals surface area contributed by atoms with Crippen LogP contribution in [0.5, 0.6) is 0 Å². The van der Waals surface area contributed by atoms with E-state index >= 15 is 0 Å². The highest BCUT2D eigenvalue weighted by molar-refractivity contribution is 6.30. The minimum Gasteiger partial charge on any atom is -0.319 e. The molecule has 21 heavy (non-hydrogen) atoms. The largest absolute Gasteiger partial charge is 0.319 e. The van der Waals surface area contributed by atoms with Crippen molar-refractivity contribution in [2.75, 3.05) is 13.6 Å². The van der Waals surface area contributed by atoms with Crippen molar-refractivity contribution in [1.82, 2.24) is 5.32 Å². The zero-order valence-electron chi connectivity index (χ0n) is 11.8. The van der Waals surface area contributed by atoms with Gasteiger partial charge in [0.1, 0.15) is 5.82 Å². The van der Waals surface area contributed by atoms with E-state index in [1.165, 1.54) is 12.1 Å². The number of Topliss-reactive ketones (excluding diaryl/α,β-unsaturated/α-hetero) is 1. The fraction of sp³-hybridized carbons (Fsp3) is 0.235. The molecule has 0 atom stereocenters. The van der Waals surface area contributed by atoms with Crippen molar-refractivity contribution in [2.45, 2.75) is 12.8 Å². The molecule has 2 rings (SSSR count). The van der Waals surface area contributed by atoms with E-state index in [0.29, 0.717) is 5.56 Å². The van der Waals surface area contributed by atoms with E-state index in [1.807, 2.05) is 31.3 Å². The van der Waals surface area contributed by atoms with Crippen LogP contribution in [0.3, 0.4) is 0 Å². The second-order valence-electron chi connectivity index (χ2n) is 4.86. The number of ketones is 1. The summed E-state index contributed by atoms with van der Waals surface area (Å²) < 4.78 is 13.1. The maximum Gasteiger partial charge on any atom is 0.167 e. The van der Waals surface area contributed by atoms with E-state index in [-0.39, 0.29) is 17.2 Å². The van der Waals surface area contributed by atoms with Crippen LogP contribution in [0.4, 0.5) is 4.39 Å². The molecule has 0 unspecified atom stereocenters. The topological polar surface area (TPSA) is 29.1 Å². The van der Waals surface area contributed by atoms with E-state index in [0.717, 1.165) is 24.1 Å². The Morgan fingerprint density at radius 1 is 1.24 bits per heavy atom. The second-order valence-corrected chi connectivity index (χ2v) is 5.27. The van der Waals surface area contributed by atoms with Crippen molar-refractivity contribution in [3.8, 4) is 0 Å². The molecule has 2 aromatic carbocycles. The Morgan fingerprint density at radius 2 is 2.00 bits per heavy atom. The fourth-order valence-corrected chi connectivity index (χ4v) is 2.40. The van der Waals surface area contributed by atoms with Gasteiger partial charge in [-0.3, -0.25) is 4.79 Å². The lowest BCUT2D eigenvalue weighted by Crippen LogP contribution is -2.14. The number of nitrogens with one attached hydrogen (secondary N) is 1. The molecular weight excluding hydrogens is 289 g/mol. The lowest BCUT2D eigenvalue weighted by atomic mass is 9.97. The molecule has 1 N–H and O–H groups in total. The molecule has 0 amide bonds. The summed E-state index contributed by atoms with van der Waals surface area (Å²) in [6.45, 7) is 0.812. The van der Waals surface area contributed by atoms with Crippen molar-refractivity contribution >= 4 is 17.4 Å². The maximum absolute atomic E-state index is 13.1. The highest BCUT2D eigenvalue weighted by Crippen LogP contribution is 2.18. The minimum absolute atomic E-state index is 0.0179. The third kappa shape index (κ3) is 4.13. The zero-order valence-corrected chi connectivity index (χ0v) is 12.6. The number of benzene rings is 2. The van der Waals surface area contributed by atoms with Crippen LogP contribution in [0, 0.1) is 5.82 Å². The van der Waals surface area contributed by atoms with Gasteiger partial charge in [0, 0.05) is 12.0 Å². The summed E-state index contributed by atoms with van der Waals surface area (Å²) in [4.78, 5) is 12.4. The third-order valence-corrected chi connectivity index (χ3v) is 3.60. The quantitative estimate of drug-likeness (QED) is 0.825. The van der Waals surface area contributed by atoms with Crippen LogP contribution in [0.2, 0.25) is 5.02 Å². The van der Waals surface area contributed by atoms with Crippen LogP contribution in [-0.2, 0) is 12.8 Å². The SMILES string of the molecule is CNCCc1ccccc1C(=O)Cc1ccc(F)c(Cl)c1. The highest BCUT2D eigenvalue weighted by atomic mass is 35.5. The first-order valence-corrected chi connectivity index (χ1v) is 7.19.